The molecule has 3 aromatic heterocycles. The number of hydrogen-bond donors (Lipinski definition) is 1. The third-order valence-electron chi connectivity index (χ3n) is 3.81. The first-order valence-electron chi connectivity index (χ1n) is 7.13. The lowest BCUT2D eigenvalue weighted by Crippen LogP contribution is -2.17. The summed E-state index contributed by atoms with van der Waals surface area (Å²) in [6.45, 7) is 7.21. The van der Waals surface area contributed by atoms with E-state index in [1.165, 1.54) is 17.6 Å². The van der Waals surface area contributed by atoms with Gasteiger partial charge in [0.1, 0.15) is 16.2 Å². The van der Waals surface area contributed by atoms with E-state index in [9.17, 15) is 9.59 Å². The second kappa shape index (κ2) is 5.66. The number of carbonyl (C=O) groups excluding carboxylic acids is 1. The molecule has 23 heavy (non-hydrogen) atoms. The fourth-order valence-corrected chi connectivity index (χ4v) is 3.38. The van der Waals surface area contributed by atoms with Gasteiger partial charge in [0.2, 0.25) is 0 Å². The summed E-state index contributed by atoms with van der Waals surface area (Å²) >= 11 is 1.46. The Labute approximate surface area is 136 Å². The molecule has 0 saturated heterocycles. The zero-order valence-corrected chi connectivity index (χ0v) is 14.0. The van der Waals surface area contributed by atoms with Crippen LogP contribution >= 0.6 is 11.3 Å². The quantitative estimate of drug-likeness (QED) is 0.743. The van der Waals surface area contributed by atoms with Gasteiger partial charge in [0.05, 0.1) is 11.6 Å². The first-order valence-corrected chi connectivity index (χ1v) is 7.95. The summed E-state index contributed by atoms with van der Waals surface area (Å²) in [6, 6.07) is 1.55. The third kappa shape index (κ3) is 2.68. The van der Waals surface area contributed by atoms with Crippen LogP contribution < -0.4 is 5.56 Å². The van der Waals surface area contributed by atoms with E-state index in [-0.39, 0.29) is 5.56 Å². The van der Waals surface area contributed by atoms with Crippen LogP contribution in [0.5, 0.6) is 0 Å². The van der Waals surface area contributed by atoms with Crippen molar-refractivity contribution in [2.45, 2.75) is 33.8 Å². The molecule has 6 nitrogen and oxygen atoms in total. The highest BCUT2D eigenvalue weighted by Crippen LogP contribution is 2.27. The fraction of sp³-hybridized carbons (Fsp3) is 0.312. The third-order valence-corrected chi connectivity index (χ3v) is 4.91. The smallest absolute Gasteiger partial charge is 0.342 e. The van der Waals surface area contributed by atoms with Gasteiger partial charge in [-0.2, -0.15) is 0 Å². The Balaban J connectivity index is 1.92. The lowest BCUT2D eigenvalue weighted by molar-refractivity contribution is 0.0318. The minimum absolute atomic E-state index is 0.214. The van der Waals surface area contributed by atoms with Crippen molar-refractivity contribution < 1.29 is 13.9 Å². The van der Waals surface area contributed by atoms with Crippen molar-refractivity contribution in [3.05, 3.63) is 50.3 Å². The van der Waals surface area contributed by atoms with E-state index < -0.39 is 12.1 Å². The molecule has 0 bridgehead atoms. The van der Waals surface area contributed by atoms with E-state index in [0.29, 0.717) is 27.4 Å². The number of hydrogen-bond acceptors (Lipinski definition) is 6. The van der Waals surface area contributed by atoms with Crippen molar-refractivity contribution in [3.8, 4) is 0 Å². The van der Waals surface area contributed by atoms with Crippen LogP contribution in [0.25, 0.3) is 10.2 Å². The number of aromatic amines is 1. The zero-order valence-electron chi connectivity index (χ0n) is 13.2. The fourth-order valence-electron chi connectivity index (χ4n) is 2.34. The SMILES string of the molecule is Cc1occc1C(=O)O[C@H](C)c1nc2sc(C)c(C)c2c(=O)[nH]1. The minimum atomic E-state index is -0.670. The van der Waals surface area contributed by atoms with Gasteiger partial charge in [-0.15, -0.1) is 11.3 Å². The molecule has 0 radical (unpaired) electrons. The van der Waals surface area contributed by atoms with Gasteiger partial charge in [-0.25, -0.2) is 9.78 Å². The molecule has 1 atom stereocenters. The highest BCUT2D eigenvalue weighted by molar-refractivity contribution is 7.18. The predicted molar refractivity (Wildman–Crippen MR) is 87.0 cm³/mol. The summed E-state index contributed by atoms with van der Waals surface area (Å²) < 4.78 is 10.5. The largest absolute Gasteiger partial charge is 0.469 e. The molecule has 3 rings (SSSR count). The Bertz CT molecular complexity index is 951. The van der Waals surface area contributed by atoms with Gasteiger partial charge in [0.25, 0.3) is 5.56 Å². The maximum absolute atomic E-state index is 12.3. The van der Waals surface area contributed by atoms with Crippen LogP contribution in [0.1, 0.15) is 45.4 Å². The van der Waals surface area contributed by atoms with Crippen LogP contribution in [0.15, 0.2) is 21.5 Å². The van der Waals surface area contributed by atoms with Crippen molar-refractivity contribution in [1.82, 2.24) is 9.97 Å². The number of aryl methyl sites for hydroxylation is 3. The minimum Gasteiger partial charge on any atom is -0.469 e. The Morgan fingerprint density at radius 2 is 2.13 bits per heavy atom. The Morgan fingerprint density at radius 3 is 2.78 bits per heavy atom. The lowest BCUT2D eigenvalue weighted by Gasteiger charge is -2.12. The molecule has 3 heterocycles. The predicted octanol–water partition coefficient (Wildman–Crippen LogP) is 3.42. The topological polar surface area (TPSA) is 85.2 Å². The highest BCUT2D eigenvalue weighted by atomic mass is 32.1. The van der Waals surface area contributed by atoms with Gasteiger partial charge >= 0.3 is 5.97 Å². The van der Waals surface area contributed by atoms with Gasteiger partial charge < -0.3 is 14.1 Å². The Kier molecular flexibility index (Phi) is 3.81. The summed E-state index contributed by atoms with van der Waals surface area (Å²) in [5.41, 5.74) is 1.08. The van der Waals surface area contributed by atoms with E-state index in [0.717, 1.165) is 10.4 Å². The molecule has 3 aromatic rings. The number of esters is 1. The number of aromatic nitrogens is 2. The molecule has 0 amide bonds. The molecule has 0 saturated carbocycles. The van der Waals surface area contributed by atoms with Gasteiger partial charge in [-0.1, -0.05) is 0 Å². The normalized spacial score (nSPS) is 12.5. The summed E-state index contributed by atoms with van der Waals surface area (Å²) in [6.07, 6.45) is 0.761. The Hall–Kier alpha value is -2.41. The van der Waals surface area contributed by atoms with Crippen molar-refractivity contribution in [1.29, 1.82) is 0 Å². The average molecular weight is 332 g/mol. The van der Waals surface area contributed by atoms with Crippen LogP contribution in [0.4, 0.5) is 0 Å². The van der Waals surface area contributed by atoms with Gasteiger partial charge in [-0.3, -0.25) is 4.79 Å². The number of rotatable bonds is 3. The summed E-state index contributed by atoms with van der Waals surface area (Å²) in [7, 11) is 0. The molecule has 0 aliphatic heterocycles. The van der Waals surface area contributed by atoms with Crippen molar-refractivity contribution >= 4 is 27.5 Å². The molecule has 1 N–H and O–H groups in total. The highest BCUT2D eigenvalue weighted by Gasteiger charge is 2.20. The molecular formula is C16H16N2O4S. The molecular weight excluding hydrogens is 316 g/mol. The number of carbonyl (C=O) groups is 1. The van der Waals surface area contributed by atoms with E-state index in [4.69, 9.17) is 9.15 Å². The number of thiophene rings is 1. The summed E-state index contributed by atoms with van der Waals surface area (Å²) in [4.78, 5) is 33.2. The van der Waals surface area contributed by atoms with Crippen molar-refractivity contribution in [3.63, 3.8) is 0 Å². The maximum Gasteiger partial charge on any atom is 0.342 e. The van der Waals surface area contributed by atoms with E-state index in [1.54, 1.807) is 19.9 Å². The average Bonchev–Trinajstić information content (AvgIpc) is 3.03. The van der Waals surface area contributed by atoms with Gasteiger partial charge in [0.15, 0.2) is 11.9 Å². The second-order valence-corrected chi connectivity index (χ2v) is 6.56. The molecule has 0 unspecified atom stereocenters. The number of ether oxygens (including phenoxy) is 1. The molecule has 0 spiro atoms. The molecule has 0 aromatic carbocycles. The number of nitrogens with one attached hydrogen (secondary N) is 1. The Morgan fingerprint density at radius 1 is 1.39 bits per heavy atom. The van der Waals surface area contributed by atoms with Crippen LogP contribution in [0.2, 0.25) is 0 Å². The number of furan rings is 1. The maximum atomic E-state index is 12.3. The van der Waals surface area contributed by atoms with Crippen LogP contribution in [-0.4, -0.2) is 15.9 Å². The standard InChI is InChI=1S/C16H16N2O4S/c1-7-10(4)23-15-12(7)14(19)17-13(18-15)9(3)22-16(20)11-5-6-21-8(11)2/h5-6,9H,1-4H3,(H,17,18,19)/t9-/m1/s1. The summed E-state index contributed by atoms with van der Waals surface area (Å²) in [5, 5.41) is 0.598. The van der Waals surface area contributed by atoms with Crippen molar-refractivity contribution in [2.75, 3.05) is 0 Å². The van der Waals surface area contributed by atoms with E-state index in [1.807, 2.05) is 13.8 Å². The molecule has 7 heteroatoms. The summed E-state index contributed by atoms with van der Waals surface area (Å²) in [5.74, 6) is 0.312. The van der Waals surface area contributed by atoms with Crippen LogP contribution in [-0.2, 0) is 4.74 Å². The molecule has 0 aliphatic rings. The lowest BCUT2D eigenvalue weighted by atomic mass is 10.2. The first-order chi connectivity index (χ1) is 10.9. The van der Waals surface area contributed by atoms with E-state index in [2.05, 4.69) is 9.97 Å². The van der Waals surface area contributed by atoms with Crippen LogP contribution in [0, 0.1) is 20.8 Å². The zero-order chi connectivity index (χ0) is 16.7. The molecule has 0 fully saturated rings. The van der Waals surface area contributed by atoms with Gasteiger partial charge in [0, 0.05) is 4.88 Å². The number of H-pyrrole nitrogens is 1. The number of nitrogens with zero attached hydrogens (tertiary/aromatic N) is 1. The second-order valence-electron chi connectivity index (χ2n) is 5.35. The molecule has 120 valence electrons. The monoisotopic (exact) mass is 332 g/mol. The molecule has 0 aliphatic carbocycles. The number of fused-ring (bicyclic) bond motifs is 1. The van der Waals surface area contributed by atoms with Crippen molar-refractivity contribution in [2.24, 2.45) is 0 Å². The van der Waals surface area contributed by atoms with Gasteiger partial charge in [-0.05, 0) is 39.3 Å². The van der Waals surface area contributed by atoms with E-state index >= 15 is 0 Å². The van der Waals surface area contributed by atoms with Crippen LogP contribution in [0.3, 0.4) is 0 Å². The first kappa shape index (κ1) is 15.5.